The molecule has 0 aromatic heterocycles. The normalized spacial score (nSPS) is 25.0. The smallest absolute Gasteiger partial charge is 0.334 e. The first-order valence-electron chi connectivity index (χ1n) is 7.43. The minimum atomic E-state index is -2.03. The lowest BCUT2D eigenvalue weighted by atomic mass is 9.78. The van der Waals surface area contributed by atoms with Crippen molar-refractivity contribution < 1.29 is 24.2 Å². The molecule has 0 aliphatic heterocycles. The predicted octanol–water partition coefficient (Wildman–Crippen LogP) is 3.17. The summed E-state index contributed by atoms with van der Waals surface area (Å²) in [7, 11) is 0. The summed E-state index contributed by atoms with van der Waals surface area (Å²) < 4.78 is 13.5. The number of halogens is 1. The standard InChI is InChI=1S/C9H9FO4.C9H10/c1-9(8(13)14)4-2-3-5(6(9)10)7(11)12;1-2-5-9-7-3-6-8(9)4-1/h2-4,6H,1H3,(H,11,12)(H,13,14);1-2,4-5H,3,6-7H2. The highest BCUT2D eigenvalue weighted by atomic mass is 19.1. The lowest BCUT2D eigenvalue weighted by Gasteiger charge is -2.27. The largest absolute Gasteiger partial charge is 0.481 e. The lowest BCUT2D eigenvalue weighted by Crippen LogP contribution is -2.39. The highest BCUT2D eigenvalue weighted by Gasteiger charge is 2.45. The number of hydrogen-bond donors (Lipinski definition) is 2. The summed E-state index contributed by atoms with van der Waals surface area (Å²) in [6.45, 7) is 1.15. The number of aliphatic carboxylic acids is 2. The molecule has 2 aliphatic carbocycles. The molecule has 2 atom stereocenters. The van der Waals surface area contributed by atoms with Crippen LogP contribution in [0.1, 0.15) is 24.5 Å². The number of fused-ring (bicyclic) bond motifs is 1. The molecule has 3 rings (SSSR count). The highest BCUT2D eigenvalue weighted by molar-refractivity contribution is 5.91. The Hall–Kier alpha value is -2.43. The summed E-state index contributed by atoms with van der Waals surface area (Å²) in [5, 5.41) is 17.3. The van der Waals surface area contributed by atoms with E-state index in [-0.39, 0.29) is 0 Å². The zero-order valence-electron chi connectivity index (χ0n) is 12.8. The number of hydrogen-bond acceptors (Lipinski definition) is 2. The maximum absolute atomic E-state index is 13.5. The third-order valence-corrected chi connectivity index (χ3v) is 4.24. The lowest BCUT2D eigenvalue weighted by molar-refractivity contribution is -0.148. The summed E-state index contributed by atoms with van der Waals surface area (Å²) in [5.74, 6) is -2.82. The van der Waals surface area contributed by atoms with Gasteiger partial charge in [-0.2, -0.15) is 0 Å². The second kappa shape index (κ2) is 6.77. The molecule has 0 saturated heterocycles. The van der Waals surface area contributed by atoms with Crippen LogP contribution in [0.3, 0.4) is 0 Å². The van der Waals surface area contributed by atoms with E-state index >= 15 is 0 Å². The van der Waals surface area contributed by atoms with Gasteiger partial charge in [0.2, 0.25) is 0 Å². The summed E-state index contributed by atoms with van der Waals surface area (Å²) >= 11 is 0. The Morgan fingerprint density at radius 3 is 2.22 bits per heavy atom. The maximum atomic E-state index is 13.5. The Labute approximate surface area is 134 Å². The minimum Gasteiger partial charge on any atom is -0.481 e. The molecule has 2 N–H and O–H groups in total. The Bertz CT molecular complexity index is 654. The summed E-state index contributed by atoms with van der Waals surface area (Å²) in [6, 6.07) is 8.74. The van der Waals surface area contributed by atoms with Gasteiger partial charge in [0.1, 0.15) is 5.41 Å². The van der Waals surface area contributed by atoms with Crippen LogP contribution in [0.5, 0.6) is 0 Å². The summed E-state index contributed by atoms with van der Waals surface area (Å²) in [6.07, 6.45) is 5.39. The van der Waals surface area contributed by atoms with Crippen LogP contribution in [-0.4, -0.2) is 28.3 Å². The van der Waals surface area contributed by atoms with Gasteiger partial charge in [-0.15, -0.1) is 0 Å². The molecule has 23 heavy (non-hydrogen) atoms. The third kappa shape index (κ3) is 3.50. The van der Waals surface area contributed by atoms with Gasteiger partial charge in [0.25, 0.3) is 0 Å². The minimum absolute atomic E-state index is 0.530. The molecular weight excluding hydrogens is 299 g/mol. The number of rotatable bonds is 2. The first-order chi connectivity index (χ1) is 10.9. The monoisotopic (exact) mass is 318 g/mol. The van der Waals surface area contributed by atoms with Crippen molar-refractivity contribution in [1.29, 1.82) is 0 Å². The van der Waals surface area contributed by atoms with Crippen molar-refractivity contribution in [1.82, 2.24) is 0 Å². The average Bonchev–Trinajstić information content (AvgIpc) is 2.98. The number of carboxylic acids is 2. The molecule has 0 fully saturated rings. The van der Waals surface area contributed by atoms with Crippen molar-refractivity contribution >= 4 is 11.9 Å². The Kier molecular flexibility index (Phi) is 4.98. The van der Waals surface area contributed by atoms with E-state index in [1.165, 1.54) is 25.3 Å². The van der Waals surface area contributed by atoms with Gasteiger partial charge in [0, 0.05) is 0 Å². The molecule has 0 amide bonds. The van der Waals surface area contributed by atoms with Crippen molar-refractivity contribution in [2.75, 3.05) is 0 Å². The van der Waals surface area contributed by atoms with Gasteiger partial charge in [-0.3, -0.25) is 4.79 Å². The van der Waals surface area contributed by atoms with Crippen molar-refractivity contribution in [2.24, 2.45) is 5.41 Å². The molecule has 0 saturated carbocycles. The van der Waals surface area contributed by atoms with E-state index in [2.05, 4.69) is 24.3 Å². The molecule has 122 valence electrons. The van der Waals surface area contributed by atoms with Crippen molar-refractivity contribution in [3.8, 4) is 0 Å². The fraction of sp³-hybridized carbons (Fsp3) is 0.333. The second-order valence-electron chi connectivity index (χ2n) is 5.86. The summed E-state index contributed by atoms with van der Waals surface area (Å²) in [4.78, 5) is 21.3. The topological polar surface area (TPSA) is 74.6 Å². The molecular formula is C18H19FO4. The number of aryl methyl sites for hydroxylation is 2. The van der Waals surface area contributed by atoms with Crippen LogP contribution in [0.4, 0.5) is 4.39 Å². The molecule has 0 spiro atoms. The highest BCUT2D eigenvalue weighted by Crippen LogP contribution is 2.34. The zero-order valence-corrected chi connectivity index (χ0v) is 12.8. The van der Waals surface area contributed by atoms with Gasteiger partial charge in [0.05, 0.1) is 5.57 Å². The average molecular weight is 318 g/mol. The second-order valence-corrected chi connectivity index (χ2v) is 5.86. The quantitative estimate of drug-likeness (QED) is 0.878. The van der Waals surface area contributed by atoms with Gasteiger partial charge in [-0.05, 0) is 43.4 Å². The number of carboxylic acid groups (broad SMARTS) is 2. The van der Waals surface area contributed by atoms with Crippen molar-refractivity contribution in [3.05, 3.63) is 59.2 Å². The molecule has 1 aromatic rings. The van der Waals surface area contributed by atoms with Gasteiger partial charge < -0.3 is 10.2 Å². The Morgan fingerprint density at radius 2 is 1.74 bits per heavy atom. The van der Waals surface area contributed by atoms with Crippen LogP contribution in [0, 0.1) is 5.41 Å². The van der Waals surface area contributed by atoms with Crippen LogP contribution < -0.4 is 0 Å². The Balaban J connectivity index is 0.000000182. The maximum Gasteiger partial charge on any atom is 0.334 e. The molecule has 0 bridgehead atoms. The Morgan fingerprint density at radius 1 is 1.17 bits per heavy atom. The third-order valence-electron chi connectivity index (χ3n) is 4.24. The number of alkyl halides is 1. The van der Waals surface area contributed by atoms with E-state index in [1.54, 1.807) is 11.1 Å². The van der Waals surface area contributed by atoms with Gasteiger partial charge in [-0.1, -0.05) is 36.4 Å². The predicted molar refractivity (Wildman–Crippen MR) is 84.0 cm³/mol. The number of carbonyl (C=O) groups is 2. The number of benzene rings is 1. The van der Waals surface area contributed by atoms with Gasteiger partial charge in [0.15, 0.2) is 6.17 Å². The molecule has 5 heteroatoms. The first-order valence-corrected chi connectivity index (χ1v) is 7.43. The van der Waals surface area contributed by atoms with Gasteiger partial charge in [-0.25, -0.2) is 9.18 Å². The van der Waals surface area contributed by atoms with Crippen molar-refractivity contribution in [2.45, 2.75) is 32.4 Å². The van der Waals surface area contributed by atoms with Crippen LogP contribution in [0.25, 0.3) is 0 Å². The van der Waals surface area contributed by atoms with E-state index < -0.39 is 29.1 Å². The van der Waals surface area contributed by atoms with E-state index in [9.17, 15) is 14.0 Å². The van der Waals surface area contributed by atoms with Crippen LogP contribution in [0.2, 0.25) is 0 Å². The summed E-state index contributed by atoms with van der Waals surface area (Å²) in [5.41, 5.74) is 0.815. The molecule has 0 heterocycles. The van der Waals surface area contributed by atoms with E-state index in [0.717, 1.165) is 19.1 Å². The van der Waals surface area contributed by atoms with Crippen LogP contribution in [0.15, 0.2) is 48.1 Å². The fourth-order valence-electron chi connectivity index (χ4n) is 2.72. The van der Waals surface area contributed by atoms with Crippen molar-refractivity contribution in [3.63, 3.8) is 0 Å². The zero-order chi connectivity index (χ0) is 17.0. The SMILES string of the molecule is CC1(C(=O)O)C=CC=C(C(=O)O)C1F.c1ccc2c(c1)CCC2. The molecule has 2 aliphatic rings. The van der Waals surface area contributed by atoms with E-state index in [0.29, 0.717) is 0 Å². The fourth-order valence-corrected chi connectivity index (χ4v) is 2.72. The van der Waals surface area contributed by atoms with Gasteiger partial charge >= 0.3 is 11.9 Å². The van der Waals surface area contributed by atoms with E-state index in [1.807, 2.05) is 0 Å². The molecule has 4 nitrogen and oxygen atoms in total. The molecule has 0 radical (unpaired) electrons. The number of allylic oxidation sites excluding steroid dienone is 2. The van der Waals surface area contributed by atoms with E-state index in [4.69, 9.17) is 10.2 Å². The molecule has 2 unspecified atom stereocenters. The molecule has 1 aromatic carbocycles. The van der Waals surface area contributed by atoms with Crippen LogP contribution >= 0.6 is 0 Å². The first kappa shape index (κ1) is 16.9. The van der Waals surface area contributed by atoms with Crippen LogP contribution in [-0.2, 0) is 22.4 Å².